The minimum Gasteiger partial charge on any atom is -0.378 e. The van der Waals surface area contributed by atoms with E-state index in [1.165, 1.54) is 17.3 Å². The fraction of sp³-hybridized carbons (Fsp3) is 0.409. The van der Waals surface area contributed by atoms with Crippen molar-refractivity contribution in [2.75, 3.05) is 32.1 Å². The molecule has 7 heteroatoms. The van der Waals surface area contributed by atoms with Crippen LogP contribution in [-0.2, 0) is 21.3 Å². The summed E-state index contributed by atoms with van der Waals surface area (Å²) in [7, 11) is 0.148. The van der Waals surface area contributed by atoms with E-state index < -0.39 is 10.0 Å². The standard InChI is InChI=1S/C22H28N2O4S/c1-17(25)19-6-4-8-22(14-19)29(26,27)24(16-21-7-5-13-28-21)15-18-9-11-20(12-10-18)23(2)3/h4,6,8-12,14,21H,5,7,13,15-16H2,1-3H3/t21-/m1/s1. The normalized spacial score (nSPS) is 16.9. The second kappa shape index (κ2) is 9.07. The first-order valence-corrected chi connectivity index (χ1v) is 11.2. The lowest BCUT2D eigenvalue weighted by atomic mass is 10.2. The zero-order valence-corrected chi connectivity index (χ0v) is 18.0. The molecule has 0 saturated carbocycles. The SMILES string of the molecule is CC(=O)c1cccc(S(=O)(=O)N(Cc2ccc(N(C)C)cc2)C[C@H]2CCCO2)c1. The maximum Gasteiger partial charge on any atom is 0.243 e. The van der Waals surface area contributed by atoms with E-state index in [9.17, 15) is 13.2 Å². The zero-order valence-electron chi connectivity index (χ0n) is 17.2. The van der Waals surface area contributed by atoms with E-state index in [4.69, 9.17) is 4.74 Å². The van der Waals surface area contributed by atoms with Crippen molar-refractivity contribution < 1.29 is 17.9 Å². The van der Waals surface area contributed by atoms with Crippen molar-refractivity contribution in [1.29, 1.82) is 0 Å². The number of carbonyl (C=O) groups is 1. The van der Waals surface area contributed by atoms with Gasteiger partial charge in [0.05, 0.1) is 11.0 Å². The molecule has 1 saturated heterocycles. The minimum atomic E-state index is -3.78. The third-order valence-corrected chi connectivity index (χ3v) is 6.93. The molecule has 0 radical (unpaired) electrons. The summed E-state index contributed by atoms with van der Waals surface area (Å²) in [6.07, 6.45) is 1.68. The molecule has 0 unspecified atom stereocenters. The van der Waals surface area contributed by atoms with Crippen LogP contribution in [-0.4, -0.2) is 51.9 Å². The van der Waals surface area contributed by atoms with Gasteiger partial charge in [-0.25, -0.2) is 8.42 Å². The molecule has 29 heavy (non-hydrogen) atoms. The van der Waals surface area contributed by atoms with Crippen LogP contribution >= 0.6 is 0 Å². The summed E-state index contributed by atoms with van der Waals surface area (Å²) in [6.45, 7) is 2.64. The lowest BCUT2D eigenvalue weighted by molar-refractivity contribution is 0.0925. The first-order valence-electron chi connectivity index (χ1n) is 9.76. The largest absolute Gasteiger partial charge is 0.378 e. The van der Waals surface area contributed by atoms with Crippen molar-refractivity contribution in [1.82, 2.24) is 4.31 Å². The van der Waals surface area contributed by atoms with Gasteiger partial charge in [0.2, 0.25) is 10.0 Å². The van der Waals surface area contributed by atoms with Gasteiger partial charge >= 0.3 is 0 Å². The van der Waals surface area contributed by atoms with E-state index in [2.05, 4.69) is 0 Å². The summed E-state index contributed by atoms with van der Waals surface area (Å²) in [5.41, 5.74) is 2.34. The van der Waals surface area contributed by atoms with Crippen molar-refractivity contribution in [3.8, 4) is 0 Å². The van der Waals surface area contributed by atoms with Crippen molar-refractivity contribution in [2.24, 2.45) is 0 Å². The lowest BCUT2D eigenvalue weighted by Gasteiger charge is -2.25. The zero-order chi connectivity index (χ0) is 21.0. The van der Waals surface area contributed by atoms with Gasteiger partial charge in [-0.15, -0.1) is 0 Å². The number of nitrogens with zero attached hydrogens (tertiary/aromatic N) is 2. The summed E-state index contributed by atoms with van der Waals surface area (Å²) >= 11 is 0. The van der Waals surface area contributed by atoms with Gasteiger partial charge in [-0.3, -0.25) is 4.79 Å². The number of hydrogen-bond donors (Lipinski definition) is 0. The molecule has 6 nitrogen and oxygen atoms in total. The lowest BCUT2D eigenvalue weighted by Crippen LogP contribution is -2.37. The van der Waals surface area contributed by atoms with Crippen LogP contribution in [0.1, 0.15) is 35.7 Å². The number of hydrogen-bond acceptors (Lipinski definition) is 5. The van der Waals surface area contributed by atoms with Gasteiger partial charge in [0, 0.05) is 45.0 Å². The predicted octanol–water partition coefficient (Wildman–Crippen LogP) is 3.33. The number of carbonyl (C=O) groups excluding carboxylic acids is 1. The van der Waals surface area contributed by atoms with Crippen molar-refractivity contribution >= 4 is 21.5 Å². The number of rotatable bonds is 8. The van der Waals surface area contributed by atoms with E-state index in [0.29, 0.717) is 18.7 Å². The number of Topliss-reactive ketones (excluding diaryl/α,β-unsaturated/α-hetero) is 1. The van der Waals surface area contributed by atoms with E-state index in [1.807, 2.05) is 43.3 Å². The maximum absolute atomic E-state index is 13.4. The number of benzene rings is 2. The highest BCUT2D eigenvalue weighted by Gasteiger charge is 2.29. The quantitative estimate of drug-likeness (QED) is 0.618. The Morgan fingerprint density at radius 1 is 1.14 bits per heavy atom. The summed E-state index contributed by atoms with van der Waals surface area (Å²) in [5.74, 6) is -0.160. The van der Waals surface area contributed by atoms with Crippen LogP contribution in [0.5, 0.6) is 0 Å². The van der Waals surface area contributed by atoms with Gasteiger partial charge < -0.3 is 9.64 Å². The molecule has 0 N–H and O–H groups in total. The van der Waals surface area contributed by atoms with E-state index in [-0.39, 0.29) is 23.3 Å². The molecule has 3 rings (SSSR count). The van der Waals surface area contributed by atoms with Crippen LogP contribution in [0, 0.1) is 0 Å². The Kier molecular flexibility index (Phi) is 6.72. The van der Waals surface area contributed by atoms with Gasteiger partial charge in [0.15, 0.2) is 5.78 Å². The van der Waals surface area contributed by atoms with Gasteiger partial charge in [0.25, 0.3) is 0 Å². The Labute approximate surface area is 173 Å². The van der Waals surface area contributed by atoms with Crippen LogP contribution in [0.4, 0.5) is 5.69 Å². The smallest absolute Gasteiger partial charge is 0.243 e. The number of anilines is 1. The molecular weight excluding hydrogens is 388 g/mol. The number of ketones is 1. The third kappa shape index (κ3) is 5.23. The summed E-state index contributed by atoms with van der Waals surface area (Å²) < 4.78 is 34.0. The Morgan fingerprint density at radius 3 is 2.45 bits per heavy atom. The van der Waals surface area contributed by atoms with Gasteiger partial charge in [-0.1, -0.05) is 24.3 Å². The molecule has 156 valence electrons. The fourth-order valence-electron chi connectivity index (χ4n) is 3.39. The molecule has 0 aliphatic carbocycles. The summed E-state index contributed by atoms with van der Waals surface area (Å²) in [4.78, 5) is 13.8. The molecule has 0 amide bonds. The fourth-order valence-corrected chi connectivity index (χ4v) is 4.90. The molecule has 0 spiro atoms. The highest BCUT2D eigenvalue weighted by atomic mass is 32.2. The van der Waals surface area contributed by atoms with Gasteiger partial charge in [-0.2, -0.15) is 4.31 Å². The topological polar surface area (TPSA) is 66.9 Å². The summed E-state index contributed by atoms with van der Waals surface area (Å²) in [6, 6.07) is 14.1. The average molecular weight is 417 g/mol. The van der Waals surface area contributed by atoms with E-state index in [0.717, 1.165) is 24.1 Å². The molecule has 1 aliphatic heterocycles. The molecule has 1 heterocycles. The first kappa shape index (κ1) is 21.5. The Bertz CT molecular complexity index is 949. The molecule has 1 aliphatic rings. The third-order valence-electron chi connectivity index (χ3n) is 5.12. The number of ether oxygens (including phenoxy) is 1. The molecule has 0 aromatic heterocycles. The van der Waals surface area contributed by atoms with Crippen molar-refractivity contribution in [2.45, 2.75) is 37.3 Å². The maximum atomic E-state index is 13.4. The highest BCUT2D eigenvalue weighted by Crippen LogP contribution is 2.24. The van der Waals surface area contributed by atoms with Crippen molar-refractivity contribution in [3.05, 3.63) is 59.7 Å². The molecular formula is C22H28N2O4S. The molecule has 1 atom stereocenters. The van der Waals surface area contributed by atoms with Crippen LogP contribution < -0.4 is 4.90 Å². The Morgan fingerprint density at radius 2 is 1.86 bits per heavy atom. The number of sulfonamides is 1. The van der Waals surface area contributed by atoms with Crippen LogP contribution in [0.2, 0.25) is 0 Å². The Hall–Kier alpha value is -2.22. The van der Waals surface area contributed by atoms with Crippen molar-refractivity contribution in [3.63, 3.8) is 0 Å². The second-order valence-corrected chi connectivity index (χ2v) is 9.52. The minimum absolute atomic E-state index is 0.109. The molecule has 2 aromatic rings. The van der Waals surface area contributed by atoms with E-state index in [1.54, 1.807) is 18.2 Å². The monoisotopic (exact) mass is 416 g/mol. The second-order valence-electron chi connectivity index (χ2n) is 7.58. The van der Waals surface area contributed by atoms with Gasteiger partial charge in [-0.05, 0) is 49.6 Å². The highest BCUT2D eigenvalue weighted by molar-refractivity contribution is 7.89. The molecule has 2 aromatic carbocycles. The van der Waals surface area contributed by atoms with Crippen LogP contribution in [0.25, 0.3) is 0 Å². The van der Waals surface area contributed by atoms with Crippen LogP contribution in [0.15, 0.2) is 53.4 Å². The van der Waals surface area contributed by atoms with E-state index >= 15 is 0 Å². The summed E-state index contributed by atoms with van der Waals surface area (Å²) in [5, 5.41) is 0. The predicted molar refractivity (Wildman–Crippen MR) is 114 cm³/mol. The molecule has 0 bridgehead atoms. The van der Waals surface area contributed by atoms with Gasteiger partial charge in [0.1, 0.15) is 0 Å². The Balaban J connectivity index is 1.91. The first-order chi connectivity index (χ1) is 13.8. The van der Waals surface area contributed by atoms with Crippen LogP contribution in [0.3, 0.4) is 0 Å². The average Bonchev–Trinajstić information content (AvgIpc) is 3.21. The molecule has 1 fully saturated rings.